The van der Waals surface area contributed by atoms with E-state index in [9.17, 15) is 26.4 Å². The first-order valence-corrected chi connectivity index (χ1v) is 12.6. The number of amides is 1. The van der Waals surface area contributed by atoms with E-state index in [-0.39, 0.29) is 13.0 Å². The van der Waals surface area contributed by atoms with Crippen LogP contribution < -0.4 is 10.0 Å². The Kier molecular flexibility index (Phi) is 7.30. The van der Waals surface area contributed by atoms with E-state index in [4.69, 9.17) is 11.6 Å². The van der Waals surface area contributed by atoms with Gasteiger partial charge in [-0.3, -0.25) is 9.79 Å². The standard InChI is InChI=1S/C19H19ClF3N3O3S2/c20-15-5-2-13(3-6-15)11-30-12-25-16-10-14(4-7-17(16)30)18(27)24-8-1-9-26-31(28,29)19(21,22)23/h2-7,10,12,26,30H,1,8-9,11H2,(H,24,27). The summed E-state index contributed by atoms with van der Waals surface area (Å²) in [4.78, 5) is 17.7. The highest BCUT2D eigenvalue weighted by Gasteiger charge is 2.45. The Balaban J connectivity index is 1.51. The Bertz CT molecular complexity index is 1090. The summed E-state index contributed by atoms with van der Waals surface area (Å²) in [5, 5.41) is 3.23. The molecular formula is C19H19ClF3N3O3S2. The Hall–Kier alpha value is -2.08. The number of hydrogen-bond donors (Lipinski definition) is 3. The number of hydrogen-bond acceptors (Lipinski definition) is 4. The third-order valence-electron chi connectivity index (χ3n) is 4.39. The molecule has 0 saturated carbocycles. The zero-order chi connectivity index (χ0) is 22.6. The van der Waals surface area contributed by atoms with Gasteiger partial charge in [0.25, 0.3) is 5.91 Å². The van der Waals surface area contributed by atoms with Crippen LogP contribution in [0, 0.1) is 0 Å². The molecule has 168 valence electrons. The van der Waals surface area contributed by atoms with Gasteiger partial charge in [0.05, 0.1) is 5.69 Å². The lowest BCUT2D eigenvalue weighted by molar-refractivity contribution is -0.0447. The molecule has 1 aliphatic heterocycles. The van der Waals surface area contributed by atoms with Crippen LogP contribution in [0.25, 0.3) is 0 Å². The van der Waals surface area contributed by atoms with Gasteiger partial charge in [-0.2, -0.15) is 24.1 Å². The zero-order valence-corrected chi connectivity index (χ0v) is 18.5. The largest absolute Gasteiger partial charge is 0.511 e. The summed E-state index contributed by atoms with van der Waals surface area (Å²) in [7, 11) is -6.01. The minimum atomic E-state index is -5.37. The molecule has 1 aliphatic rings. The number of thiol groups is 1. The molecule has 0 bridgehead atoms. The topological polar surface area (TPSA) is 87.6 Å². The van der Waals surface area contributed by atoms with Crippen LogP contribution in [0.5, 0.6) is 0 Å². The van der Waals surface area contributed by atoms with Crippen LogP contribution >= 0.6 is 22.5 Å². The van der Waals surface area contributed by atoms with Crippen LogP contribution in [0.1, 0.15) is 22.3 Å². The molecule has 0 aromatic heterocycles. The van der Waals surface area contributed by atoms with Crippen LogP contribution in [0.15, 0.2) is 52.4 Å². The van der Waals surface area contributed by atoms with Gasteiger partial charge >= 0.3 is 15.5 Å². The number of carbonyl (C=O) groups excluding carboxylic acids is 1. The summed E-state index contributed by atoms with van der Waals surface area (Å²) in [5.41, 5.74) is -1.24. The maximum Gasteiger partial charge on any atom is 0.511 e. The SMILES string of the molecule is O=C(NCCCNS(=O)(=O)C(F)(F)F)c1ccc2c(c1)N=C[SH]2Cc1ccc(Cl)cc1. The highest BCUT2D eigenvalue weighted by atomic mass is 35.5. The van der Waals surface area contributed by atoms with Crippen LogP contribution in [0.4, 0.5) is 18.9 Å². The van der Waals surface area contributed by atoms with Gasteiger partial charge in [-0.15, -0.1) is 0 Å². The lowest BCUT2D eigenvalue weighted by Crippen LogP contribution is -2.38. The van der Waals surface area contributed by atoms with Crippen molar-refractivity contribution in [1.82, 2.24) is 10.0 Å². The molecule has 0 saturated heterocycles. The average Bonchev–Trinajstić information content (AvgIpc) is 3.10. The van der Waals surface area contributed by atoms with Crippen LogP contribution in [-0.4, -0.2) is 38.5 Å². The fourth-order valence-electron chi connectivity index (χ4n) is 2.80. The molecule has 0 radical (unpaired) electrons. The van der Waals surface area contributed by atoms with Gasteiger partial charge in [0.1, 0.15) is 0 Å². The van der Waals surface area contributed by atoms with Crippen molar-refractivity contribution in [2.45, 2.75) is 22.6 Å². The third-order valence-corrected chi connectivity index (χ3v) is 7.93. The molecule has 2 aromatic carbocycles. The number of carbonyl (C=O) groups is 1. The molecule has 1 amide bonds. The first-order valence-electron chi connectivity index (χ1n) is 9.10. The highest BCUT2D eigenvalue weighted by molar-refractivity contribution is 8.28. The Morgan fingerprint density at radius 3 is 2.48 bits per heavy atom. The number of nitrogens with one attached hydrogen (secondary N) is 2. The van der Waals surface area contributed by atoms with Crippen LogP contribution in [0.3, 0.4) is 0 Å². The first kappa shape index (κ1) is 23.6. The van der Waals surface area contributed by atoms with E-state index in [0.29, 0.717) is 16.3 Å². The molecule has 0 fully saturated rings. The van der Waals surface area contributed by atoms with Crippen LogP contribution in [0.2, 0.25) is 5.02 Å². The van der Waals surface area contributed by atoms with E-state index in [0.717, 1.165) is 16.2 Å². The molecule has 6 nitrogen and oxygen atoms in total. The van der Waals surface area contributed by atoms with E-state index in [1.54, 1.807) is 12.1 Å². The normalized spacial score (nSPS) is 16.8. The number of halogens is 4. The first-order chi connectivity index (χ1) is 14.6. The summed E-state index contributed by atoms with van der Waals surface area (Å²) in [6, 6.07) is 12.8. The Morgan fingerprint density at radius 1 is 1.10 bits per heavy atom. The zero-order valence-electron chi connectivity index (χ0n) is 16.0. The fourth-order valence-corrected chi connectivity index (χ4v) is 5.43. The second-order valence-electron chi connectivity index (χ2n) is 6.66. The van der Waals surface area contributed by atoms with Crippen molar-refractivity contribution < 1.29 is 26.4 Å². The van der Waals surface area contributed by atoms with Gasteiger partial charge in [0.2, 0.25) is 0 Å². The van der Waals surface area contributed by atoms with Crippen LogP contribution in [-0.2, 0) is 15.8 Å². The van der Waals surface area contributed by atoms with E-state index in [2.05, 4.69) is 10.3 Å². The molecule has 1 unspecified atom stereocenters. The van der Waals surface area contributed by atoms with E-state index < -0.39 is 38.9 Å². The van der Waals surface area contributed by atoms with Crippen molar-refractivity contribution in [3.63, 3.8) is 0 Å². The molecule has 1 atom stereocenters. The van der Waals surface area contributed by atoms with E-state index in [1.807, 2.05) is 35.9 Å². The van der Waals surface area contributed by atoms with Crippen molar-refractivity contribution in [2.24, 2.45) is 4.99 Å². The number of fused-ring (bicyclic) bond motifs is 1. The molecule has 2 aromatic rings. The van der Waals surface area contributed by atoms with Gasteiger partial charge in [0, 0.05) is 39.9 Å². The number of benzene rings is 2. The predicted molar refractivity (Wildman–Crippen MR) is 117 cm³/mol. The minimum Gasteiger partial charge on any atom is -0.352 e. The van der Waals surface area contributed by atoms with Crippen molar-refractivity contribution in [3.8, 4) is 0 Å². The number of nitrogens with zero attached hydrogens (tertiary/aromatic N) is 1. The smallest absolute Gasteiger partial charge is 0.352 e. The summed E-state index contributed by atoms with van der Waals surface area (Å²) >= 11 is 5.91. The Labute approximate surface area is 185 Å². The Morgan fingerprint density at radius 2 is 1.81 bits per heavy atom. The monoisotopic (exact) mass is 493 g/mol. The molecule has 0 aliphatic carbocycles. The molecule has 0 spiro atoms. The number of rotatable bonds is 8. The van der Waals surface area contributed by atoms with Crippen molar-refractivity contribution in [3.05, 3.63) is 58.6 Å². The second kappa shape index (κ2) is 9.60. The van der Waals surface area contributed by atoms with E-state index in [1.165, 1.54) is 4.72 Å². The summed E-state index contributed by atoms with van der Waals surface area (Å²) in [6.45, 7) is -0.422. The molecule has 12 heteroatoms. The predicted octanol–water partition coefficient (Wildman–Crippen LogP) is 4.13. The summed E-state index contributed by atoms with van der Waals surface area (Å²) in [5.74, 6) is 0.396. The van der Waals surface area contributed by atoms with Gasteiger partial charge in [0.15, 0.2) is 0 Å². The highest BCUT2D eigenvalue weighted by Crippen LogP contribution is 2.48. The van der Waals surface area contributed by atoms with Crippen molar-refractivity contribution in [2.75, 3.05) is 13.1 Å². The van der Waals surface area contributed by atoms with Gasteiger partial charge < -0.3 is 5.32 Å². The van der Waals surface area contributed by atoms with Gasteiger partial charge in [-0.1, -0.05) is 23.7 Å². The lowest BCUT2D eigenvalue weighted by Gasteiger charge is -2.14. The van der Waals surface area contributed by atoms with Crippen molar-refractivity contribution >= 4 is 49.7 Å². The molecule has 3 rings (SSSR count). The average molecular weight is 494 g/mol. The molecular weight excluding hydrogens is 475 g/mol. The number of alkyl halides is 3. The molecule has 2 N–H and O–H groups in total. The minimum absolute atomic E-state index is 0.0105. The number of sulfonamides is 1. The quantitative estimate of drug-likeness (QED) is 0.381. The molecule has 31 heavy (non-hydrogen) atoms. The maximum absolute atomic E-state index is 12.3. The van der Waals surface area contributed by atoms with Gasteiger partial charge in [-0.25, -0.2) is 13.1 Å². The maximum atomic E-state index is 12.3. The number of aliphatic imine (C=N–C) groups is 1. The summed E-state index contributed by atoms with van der Waals surface area (Å²) < 4.78 is 59.9. The van der Waals surface area contributed by atoms with Gasteiger partial charge in [-0.05, 0) is 42.3 Å². The second-order valence-corrected chi connectivity index (χ2v) is 10.8. The van der Waals surface area contributed by atoms with Crippen molar-refractivity contribution in [1.29, 1.82) is 0 Å². The third kappa shape index (κ3) is 6.00. The lowest BCUT2D eigenvalue weighted by atomic mass is 10.2. The fraction of sp³-hybridized carbons (Fsp3) is 0.263. The van der Waals surface area contributed by atoms with E-state index >= 15 is 0 Å². The molecule has 1 heterocycles. The summed E-state index contributed by atoms with van der Waals surface area (Å²) in [6.07, 6.45) is 0.0105.